The number of anilines is 1. The van der Waals surface area contributed by atoms with E-state index in [1.54, 1.807) is 0 Å². The van der Waals surface area contributed by atoms with Crippen LogP contribution in [0.3, 0.4) is 0 Å². The van der Waals surface area contributed by atoms with Gasteiger partial charge in [0.25, 0.3) is 0 Å². The summed E-state index contributed by atoms with van der Waals surface area (Å²) in [5, 5.41) is 2.56. The molecule has 4 aromatic carbocycles. The number of allylic oxidation sites excluding steroid dienone is 7. The number of benzene rings is 4. The van der Waals surface area contributed by atoms with E-state index >= 15 is 0 Å². The van der Waals surface area contributed by atoms with Crippen LogP contribution in [0.2, 0.25) is 0 Å². The minimum atomic E-state index is -4.26. The number of hydrogen-bond acceptors (Lipinski definition) is 5. The first kappa shape index (κ1) is 41.0. The molecule has 4 aromatic rings. The average Bonchev–Trinajstić information content (AvgIpc) is 3.56. The van der Waals surface area contributed by atoms with Crippen molar-refractivity contribution in [1.82, 2.24) is 0 Å². The van der Waals surface area contributed by atoms with Crippen molar-refractivity contribution in [3.05, 3.63) is 149 Å². The molecule has 7 rings (SSSR count). The fourth-order valence-electron chi connectivity index (χ4n) is 9.20. The third kappa shape index (κ3) is 8.65. The van der Waals surface area contributed by atoms with Crippen LogP contribution in [0.15, 0.2) is 138 Å². The minimum Gasteiger partial charge on any atom is -0.748 e. The molecule has 0 aromatic heterocycles. The van der Waals surface area contributed by atoms with Gasteiger partial charge < -0.3 is 14.2 Å². The molecule has 0 bridgehead atoms. The summed E-state index contributed by atoms with van der Waals surface area (Å²) in [6.45, 7) is 10.7. The highest BCUT2D eigenvalue weighted by Gasteiger charge is 2.45. The van der Waals surface area contributed by atoms with Crippen LogP contribution in [0.1, 0.15) is 96.6 Å². The number of rotatable bonds is 15. The van der Waals surface area contributed by atoms with Gasteiger partial charge in [0.1, 0.15) is 18.1 Å². The van der Waals surface area contributed by atoms with E-state index in [0.29, 0.717) is 19.4 Å². The van der Waals surface area contributed by atoms with Crippen LogP contribution in [0.25, 0.3) is 10.8 Å². The van der Waals surface area contributed by atoms with Crippen LogP contribution >= 0.6 is 0 Å². The average molecular weight is 793 g/mol. The fourth-order valence-corrected chi connectivity index (χ4v) is 9.76. The van der Waals surface area contributed by atoms with Gasteiger partial charge in [0.15, 0.2) is 5.71 Å². The summed E-state index contributed by atoms with van der Waals surface area (Å²) in [6.07, 6.45) is 22.4. The van der Waals surface area contributed by atoms with Crippen molar-refractivity contribution in [2.24, 2.45) is 0 Å². The van der Waals surface area contributed by atoms with Gasteiger partial charge >= 0.3 is 0 Å². The molecule has 0 atom stereocenters. The van der Waals surface area contributed by atoms with Gasteiger partial charge in [-0.15, -0.1) is 12.3 Å². The monoisotopic (exact) mass is 792 g/mol. The van der Waals surface area contributed by atoms with Crippen LogP contribution in [0, 0.1) is 12.3 Å². The highest BCUT2D eigenvalue weighted by molar-refractivity contribution is 7.85. The number of hydrogen-bond donors (Lipinski definition) is 0. The maximum atomic E-state index is 11.4. The summed E-state index contributed by atoms with van der Waals surface area (Å²) in [7, 11) is -4.26. The summed E-state index contributed by atoms with van der Waals surface area (Å²) in [4.78, 5) is 2.30. The molecule has 0 radical (unpaired) electrons. The number of fused-ring (bicyclic) bond motifs is 4. The highest BCUT2D eigenvalue weighted by Crippen LogP contribution is 2.48. The van der Waals surface area contributed by atoms with Crippen molar-refractivity contribution in [3.8, 4) is 18.1 Å². The second-order valence-electron chi connectivity index (χ2n) is 16.8. The van der Waals surface area contributed by atoms with Crippen molar-refractivity contribution in [3.63, 3.8) is 0 Å². The zero-order valence-electron chi connectivity index (χ0n) is 34.5. The molecule has 58 heavy (non-hydrogen) atoms. The second kappa shape index (κ2) is 17.4. The molecule has 3 aliphatic rings. The van der Waals surface area contributed by atoms with Gasteiger partial charge in [-0.25, -0.2) is 8.42 Å². The predicted octanol–water partition coefficient (Wildman–Crippen LogP) is 11.4. The minimum absolute atomic E-state index is 0.228. The quantitative estimate of drug-likeness (QED) is 0.0519. The first-order valence-electron chi connectivity index (χ1n) is 20.9. The largest absolute Gasteiger partial charge is 0.748 e. The van der Waals surface area contributed by atoms with Gasteiger partial charge in [-0.05, 0) is 123 Å². The van der Waals surface area contributed by atoms with Gasteiger partial charge in [-0.3, -0.25) is 0 Å². The van der Waals surface area contributed by atoms with Gasteiger partial charge in [0, 0.05) is 59.6 Å². The lowest BCUT2D eigenvalue weighted by Gasteiger charge is -2.27. The second-order valence-corrected chi connectivity index (χ2v) is 18.3. The Morgan fingerprint density at radius 1 is 0.828 bits per heavy atom. The molecule has 2 heterocycles. The van der Waals surface area contributed by atoms with E-state index in [-0.39, 0.29) is 16.6 Å². The first-order valence-corrected chi connectivity index (χ1v) is 22.4. The van der Waals surface area contributed by atoms with E-state index in [2.05, 4.69) is 122 Å². The Labute approximate surface area is 346 Å². The molecular weight excluding hydrogens is 737 g/mol. The van der Waals surface area contributed by atoms with Crippen LogP contribution in [-0.4, -0.2) is 42.1 Å². The summed E-state index contributed by atoms with van der Waals surface area (Å²) in [5.41, 5.74) is 9.23. The van der Waals surface area contributed by atoms with E-state index in [0.717, 1.165) is 80.0 Å². The third-order valence-electron chi connectivity index (χ3n) is 12.1. The Bertz CT molecular complexity index is 2480. The molecule has 0 saturated heterocycles. The number of ether oxygens (including phenoxy) is 1. The molecule has 6 nitrogen and oxygen atoms in total. The zero-order valence-corrected chi connectivity index (χ0v) is 35.3. The Morgan fingerprint density at radius 2 is 1.59 bits per heavy atom. The highest BCUT2D eigenvalue weighted by atomic mass is 32.2. The van der Waals surface area contributed by atoms with Gasteiger partial charge in [-0.2, -0.15) is 4.58 Å². The summed E-state index contributed by atoms with van der Waals surface area (Å²) in [6, 6.07) is 31.8. The summed E-state index contributed by atoms with van der Waals surface area (Å²) >= 11 is 0. The van der Waals surface area contributed by atoms with Crippen LogP contribution < -0.4 is 9.64 Å². The topological polar surface area (TPSA) is 72.7 Å². The molecule has 300 valence electrons. The van der Waals surface area contributed by atoms with E-state index in [9.17, 15) is 13.0 Å². The molecule has 0 amide bonds. The van der Waals surface area contributed by atoms with Crippen molar-refractivity contribution in [2.75, 3.05) is 23.7 Å². The van der Waals surface area contributed by atoms with Crippen LogP contribution in [0.5, 0.6) is 5.75 Å². The SMILES string of the molecule is C#CCCCCC[N+]1=C(/C=C/C2=C(Oc3ccccc3)C(=C/C=C3/N(CCCCS(=O)(=O)[O-])c4ccccc4C3(C)C)/CCC2)C(C)(C)c2c1ccc1ccccc21. The Kier molecular flexibility index (Phi) is 12.3. The van der Waals surface area contributed by atoms with E-state index < -0.39 is 10.1 Å². The molecular formula is C51H56N2O4S. The van der Waals surface area contributed by atoms with Crippen LogP contribution in [0.4, 0.5) is 11.4 Å². The van der Waals surface area contributed by atoms with E-state index in [1.807, 2.05) is 36.4 Å². The molecule has 2 aliphatic heterocycles. The molecule has 0 fully saturated rings. The molecule has 0 N–H and O–H groups in total. The summed E-state index contributed by atoms with van der Waals surface area (Å²) < 4.78 is 43.5. The van der Waals surface area contributed by atoms with Crippen molar-refractivity contribution in [2.45, 2.75) is 96.3 Å². The number of nitrogens with zero attached hydrogens (tertiary/aromatic N) is 2. The van der Waals surface area contributed by atoms with Crippen molar-refractivity contribution in [1.29, 1.82) is 0 Å². The lowest BCUT2D eigenvalue weighted by molar-refractivity contribution is -0.438. The fraction of sp³-hybridized carbons (Fsp3) is 0.353. The summed E-state index contributed by atoms with van der Waals surface area (Å²) in [5.74, 6) is 4.15. The Morgan fingerprint density at radius 3 is 2.38 bits per heavy atom. The number of terminal acetylenes is 1. The van der Waals surface area contributed by atoms with Gasteiger partial charge in [0.05, 0.1) is 15.5 Å². The van der Waals surface area contributed by atoms with E-state index in [1.165, 1.54) is 38.9 Å². The van der Waals surface area contributed by atoms with Gasteiger partial charge in [-0.1, -0.05) is 80.6 Å². The maximum absolute atomic E-state index is 11.4. The Hall–Kier alpha value is -5.16. The number of unbranched alkanes of at least 4 members (excludes halogenated alkanes) is 4. The first-order chi connectivity index (χ1) is 27.9. The standard InChI is InChI=1S/C51H56N2O4S/c1-6-7-8-9-17-35-53-45-32-29-38-21-13-14-26-42(38)48(45)51(4,5)47(53)34-31-40-23-20-22-39(49(40)57-41-24-11-10-12-25-41)30-33-46-50(2,3)43-27-15-16-28-44(43)52(46)36-18-19-37-58(54,55)56/h1,10-16,21,24-34H,7-9,17-20,22-23,35-37H2,2-5H3. The maximum Gasteiger partial charge on any atom is 0.210 e. The predicted molar refractivity (Wildman–Crippen MR) is 238 cm³/mol. The van der Waals surface area contributed by atoms with E-state index in [4.69, 9.17) is 11.2 Å². The molecule has 1 aliphatic carbocycles. The molecule has 0 unspecified atom stereocenters. The van der Waals surface area contributed by atoms with Crippen molar-refractivity contribution >= 4 is 38.0 Å². The molecule has 7 heteroatoms. The van der Waals surface area contributed by atoms with Gasteiger partial charge in [0.2, 0.25) is 5.69 Å². The molecule has 0 spiro atoms. The zero-order chi connectivity index (χ0) is 40.9. The smallest absolute Gasteiger partial charge is 0.210 e. The Balaban J connectivity index is 1.29. The lowest BCUT2D eigenvalue weighted by atomic mass is 9.78. The molecule has 0 saturated carbocycles. The third-order valence-corrected chi connectivity index (χ3v) is 12.9. The lowest BCUT2D eigenvalue weighted by Crippen LogP contribution is -2.28. The van der Waals surface area contributed by atoms with Crippen molar-refractivity contribution < 1.29 is 22.3 Å². The van der Waals surface area contributed by atoms with Crippen LogP contribution in [-0.2, 0) is 20.9 Å². The normalized spacial score (nSPS) is 18.7. The number of para-hydroxylation sites is 2.